The first-order valence-electron chi connectivity index (χ1n) is 16.1. The Bertz CT molecular complexity index is 1120. The van der Waals surface area contributed by atoms with Crippen LogP contribution < -0.4 is 10.6 Å². The molecule has 2 N–H and O–H groups in total. The van der Waals surface area contributed by atoms with Gasteiger partial charge in [-0.2, -0.15) is 0 Å². The van der Waals surface area contributed by atoms with Gasteiger partial charge in [-0.15, -0.1) is 0 Å². The average Bonchev–Trinajstić information content (AvgIpc) is 2.93. The Morgan fingerprint density at radius 3 is 2.05 bits per heavy atom. The number of aryl methyl sites for hydroxylation is 2. The molecule has 0 saturated carbocycles. The van der Waals surface area contributed by atoms with E-state index in [9.17, 15) is 14.4 Å². The normalized spacial score (nSPS) is 12.7. The number of hydrogen-bond donors (Lipinski definition) is 2. The third kappa shape index (κ3) is 13.2. The topological polar surface area (TPSA) is 87.7 Å². The highest BCUT2D eigenvalue weighted by Crippen LogP contribution is 2.26. The van der Waals surface area contributed by atoms with Gasteiger partial charge in [-0.25, -0.2) is 4.79 Å². The van der Waals surface area contributed by atoms with E-state index in [-0.39, 0.29) is 18.2 Å². The predicted molar refractivity (Wildman–Crippen MR) is 175 cm³/mol. The summed E-state index contributed by atoms with van der Waals surface area (Å²) in [7, 11) is 0. The van der Waals surface area contributed by atoms with E-state index in [0.717, 1.165) is 73.6 Å². The number of ether oxygens (including phenoxy) is 1. The van der Waals surface area contributed by atoms with Crippen LogP contribution in [-0.4, -0.2) is 47.5 Å². The second-order valence-electron chi connectivity index (χ2n) is 12.7. The summed E-state index contributed by atoms with van der Waals surface area (Å²) in [4.78, 5) is 43.3. The van der Waals surface area contributed by atoms with E-state index in [1.807, 2.05) is 56.3 Å². The number of alkyl carbamates (subject to hydrolysis) is 1. The molecule has 0 spiro atoms. The Hall–Kier alpha value is -3.35. The molecule has 7 heteroatoms. The molecule has 2 rings (SSSR count). The maximum absolute atomic E-state index is 14.6. The molecular formula is C36H55N3O4. The van der Waals surface area contributed by atoms with E-state index >= 15 is 0 Å². The molecule has 0 aliphatic heterocycles. The highest BCUT2D eigenvalue weighted by atomic mass is 16.6. The summed E-state index contributed by atoms with van der Waals surface area (Å²) in [5.41, 5.74) is 3.03. The van der Waals surface area contributed by atoms with Crippen molar-refractivity contribution < 1.29 is 19.1 Å². The molecule has 3 amide bonds. The third-order valence-electron chi connectivity index (χ3n) is 7.26. The molecular weight excluding hydrogens is 538 g/mol. The van der Waals surface area contributed by atoms with Crippen molar-refractivity contribution in [3.05, 3.63) is 70.8 Å². The first-order valence-corrected chi connectivity index (χ1v) is 16.1. The fourth-order valence-electron chi connectivity index (χ4n) is 5.28. The van der Waals surface area contributed by atoms with Crippen molar-refractivity contribution in [2.24, 2.45) is 0 Å². The van der Waals surface area contributed by atoms with E-state index in [4.69, 9.17) is 4.74 Å². The van der Waals surface area contributed by atoms with Crippen molar-refractivity contribution in [1.82, 2.24) is 15.5 Å². The molecule has 2 unspecified atom stereocenters. The number of nitrogens with one attached hydrogen (secondary N) is 2. The van der Waals surface area contributed by atoms with Crippen LogP contribution in [0.5, 0.6) is 0 Å². The number of unbranched alkanes of at least 4 members (excludes halogenated alkanes) is 6. The minimum absolute atomic E-state index is 0.196. The zero-order valence-corrected chi connectivity index (χ0v) is 27.6. The summed E-state index contributed by atoms with van der Waals surface area (Å²) < 4.78 is 5.56. The van der Waals surface area contributed by atoms with Crippen molar-refractivity contribution in [1.29, 1.82) is 0 Å². The Morgan fingerprint density at radius 2 is 1.44 bits per heavy atom. The van der Waals surface area contributed by atoms with Gasteiger partial charge in [0.25, 0.3) is 0 Å². The highest BCUT2D eigenvalue weighted by molar-refractivity contribution is 5.92. The quantitative estimate of drug-likeness (QED) is 0.185. The summed E-state index contributed by atoms with van der Waals surface area (Å²) in [6.45, 7) is 14.7. The molecule has 0 aromatic heterocycles. The fourth-order valence-corrected chi connectivity index (χ4v) is 5.28. The Labute approximate surface area is 260 Å². The van der Waals surface area contributed by atoms with Crippen LogP contribution in [0, 0.1) is 13.8 Å². The van der Waals surface area contributed by atoms with E-state index in [1.165, 1.54) is 0 Å². The number of amides is 3. The molecule has 0 radical (unpaired) electrons. The average molecular weight is 594 g/mol. The van der Waals surface area contributed by atoms with Crippen LogP contribution in [0.25, 0.3) is 0 Å². The molecule has 238 valence electrons. The van der Waals surface area contributed by atoms with Crippen molar-refractivity contribution in [2.45, 2.75) is 124 Å². The van der Waals surface area contributed by atoms with Gasteiger partial charge < -0.3 is 20.3 Å². The maximum atomic E-state index is 14.6. The molecule has 2 atom stereocenters. The summed E-state index contributed by atoms with van der Waals surface area (Å²) >= 11 is 0. The predicted octanol–water partition coefficient (Wildman–Crippen LogP) is 7.59. The molecule has 0 bridgehead atoms. The summed E-state index contributed by atoms with van der Waals surface area (Å²) in [6.07, 6.45) is 7.61. The summed E-state index contributed by atoms with van der Waals surface area (Å²) in [6, 6.07) is 14.0. The molecule has 0 fully saturated rings. The lowest BCUT2D eigenvalue weighted by molar-refractivity contribution is -0.142. The van der Waals surface area contributed by atoms with Crippen molar-refractivity contribution in [3.8, 4) is 0 Å². The van der Waals surface area contributed by atoms with E-state index in [0.29, 0.717) is 13.1 Å². The molecule has 2 aromatic carbocycles. The lowest BCUT2D eigenvalue weighted by Gasteiger charge is -2.35. The maximum Gasteiger partial charge on any atom is 0.408 e. The zero-order valence-electron chi connectivity index (χ0n) is 27.6. The number of rotatable bonds is 17. The highest BCUT2D eigenvalue weighted by Gasteiger charge is 2.36. The molecule has 0 aliphatic rings. The van der Waals surface area contributed by atoms with Crippen LogP contribution in [0.3, 0.4) is 0 Å². The second kappa shape index (κ2) is 18.3. The van der Waals surface area contributed by atoms with E-state index in [1.54, 1.807) is 25.7 Å². The van der Waals surface area contributed by atoms with Gasteiger partial charge in [-0.3, -0.25) is 9.59 Å². The van der Waals surface area contributed by atoms with E-state index in [2.05, 4.69) is 30.5 Å². The minimum atomic E-state index is -0.908. The van der Waals surface area contributed by atoms with Gasteiger partial charge in [-0.1, -0.05) is 112 Å². The second-order valence-corrected chi connectivity index (χ2v) is 12.7. The van der Waals surface area contributed by atoms with Crippen LogP contribution in [-0.2, 0) is 20.7 Å². The van der Waals surface area contributed by atoms with Crippen molar-refractivity contribution >= 4 is 17.9 Å². The fraction of sp³-hybridized carbons (Fsp3) is 0.583. The molecule has 7 nitrogen and oxygen atoms in total. The number of hydrogen-bond acceptors (Lipinski definition) is 4. The third-order valence-corrected chi connectivity index (χ3v) is 7.26. The van der Waals surface area contributed by atoms with Gasteiger partial charge in [0.15, 0.2) is 0 Å². The van der Waals surface area contributed by atoms with Crippen LogP contribution in [0.4, 0.5) is 4.79 Å². The zero-order chi connectivity index (χ0) is 31.8. The SMILES string of the molecule is CCCCCCCN(C(=O)C(Cc1ccccc1)NC(=O)OC(C)(C)C)C(C(=O)NCCCCC)c1cc(C)cc(C)c1. The summed E-state index contributed by atoms with van der Waals surface area (Å²) in [5, 5.41) is 5.97. The van der Waals surface area contributed by atoms with Crippen molar-refractivity contribution in [2.75, 3.05) is 13.1 Å². The van der Waals surface area contributed by atoms with Gasteiger partial charge in [0.05, 0.1) is 0 Å². The van der Waals surface area contributed by atoms with Gasteiger partial charge in [0, 0.05) is 19.5 Å². The van der Waals surface area contributed by atoms with Gasteiger partial charge in [0.2, 0.25) is 11.8 Å². The molecule has 2 aromatic rings. The number of carbonyl (C=O) groups is 3. The monoisotopic (exact) mass is 593 g/mol. The standard InChI is InChI=1S/C36H55N3O4/c1-8-10-12-13-18-22-39(32(33(40)37-21-17-11-9-2)30-24-27(3)23-28(4)25-30)34(41)31(26-29-19-15-14-16-20-29)38-35(42)43-36(5,6)7/h14-16,19-20,23-25,31-32H,8-13,17-18,21-22,26H2,1-7H3,(H,37,40)(H,38,42). The lowest BCUT2D eigenvalue weighted by Crippen LogP contribution is -2.54. The van der Waals surface area contributed by atoms with Crippen molar-refractivity contribution in [3.63, 3.8) is 0 Å². The van der Waals surface area contributed by atoms with E-state index < -0.39 is 23.8 Å². The largest absolute Gasteiger partial charge is 0.444 e. The number of benzene rings is 2. The molecule has 0 saturated heterocycles. The van der Waals surface area contributed by atoms with Crippen LogP contribution in [0.2, 0.25) is 0 Å². The lowest BCUT2D eigenvalue weighted by atomic mass is 9.97. The summed E-state index contributed by atoms with van der Waals surface area (Å²) in [5.74, 6) is -0.489. The molecule has 43 heavy (non-hydrogen) atoms. The van der Waals surface area contributed by atoms with Gasteiger partial charge in [-0.05, 0) is 58.6 Å². The van der Waals surface area contributed by atoms with Gasteiger partial charge >= 0.3 is 6.09 Å². The van der Waals surface area contributed by atoms with Crippen LogP contribution in [0.1, 0.15) is 114 Å². The van der Waals surface area contributed by atoms with Crippen LogP contribution in [0.15, 0.2) is 48.5 Å². The Morgan fingerprint density at radius 1 is 0.837 bits per heavy atom. The Kier molecular flexibility index (Phi) is 15.3. The number of nitrogens with zero attached hydrogens (tertiary/aromatic N) is 1. The van der Waals surface area contributed by atoms with Crippen LogP contribution >= 0.6 is 0 Å². The first-order chi connectivity index (χ1) is 20.4. The Balaban J connectivity index is 2.54. The number of carbonyl (C=O) groups excluding carboxylic acids is 3. The smallest absolute Gasteiger partial charge is 0.408 e. The molecule has 0 heterocycles. The van der Waals surface area contributed by atoms with Gasteiger partial charge in [0.1, 0.15) is 17.7 Å². The first kappa shape index (κ1) is 35.8. The molecule has 0 aliphatic carbocycles. The minimum Gasteiger partial charge on any atom is -0.444 e.